The normalized spacial score (nSPS) is 11.9. The minimum atomic E-state index is 0.906. The molecule has 0 amide bonds. The van der Waals surface area contributed by atoms with Crippen LogP contribution in [0.3, 0.4) is 0 Å². The summed E-state index contributed by atoms with van der Waals surface area (Å²) in [5.74, 6) is 0. The minimum absolute atomic E-state index is 0.906. The Labute approximate surface area is 293 Å². The monoisotopic (exact) mass is 650 g/mol. The van der Waals surface area contributed by atoms with Gasteiger partial charge in [-0.3, -0.25) is 0 Å². The van der Waals surface area contributed by atoms with Gasteiger partial charge in [-0.05, 0) is 95.1 Å². The lowest BCUT2D eigenvalue weighted by Gasteiger charge is -2.11. The van der Waals surface area contributed by atoms with Crippen molar-refractivity contribution in [3.63, 3.8) is 0 Å². The summed E-state index contributed by atoms with van der Waals surface area (Å²) >= 11 is 0. The van der Waals surface area contributed by atoms with Crippen LogP contribution < -0.4 is 0 Å². The molecule has 0 saturated heterocycles. The molecule has 0 radical (unpaired) electrons. The van der Waals surface area contributed by atoms with E-state index in [4.69, 9.17) is 4.42 Å². The molecule has 8 aromatic carbocycles. The van der Waals surface area contributed by atoms with Crippen LogP contribution in [0.2, 0.25) is 0 Å². The van der Waals surface area contributed by atoms with Crippen molar-refractivity contribution in [3.05, 3.63) is 182 Å². The van der Waals surface area contributed by atoms with E-state index in [0.29, 0.717) is 0 Å². The largest absolute Gasteiger partial charge is 0.456 e. The van der Waals surface area contributed by atoms with Gasteiger partial charge in [-0.25, -0.2) is 0 Å². The fraction of sp³-hybridized carbons (Fsp3) is 0. The zero-order valence-corrected chi connectivity index (χ0v) is 27.6. The quantitative estimate of drug-likeness (QED) is 0.186. The van der Waals surface area contributed by atoms with Gasteiger partial charge in [0.05, 0.1) is 22.1 Å². The summed E-state index contributed by atoms with van der Waals surface area (Å²) in [5, 5.41) is 7.24. The highest BCUT2D eigenvalue weighted by molar-refractivity contribution is 6.13. The van der Waals surface area contributed by atoms with Crippen molar-refractivity contribution in [2.75, 3.05) is 0 Å². The Morgan fingerprint density at radius 2 is 0.784 bits per heavy atom. The van der Waals surface area contributed by atoms with Gasteiger partial charge in [-0.15, -0.1) is 0 Å². The third-order valence-corrected chi connectivity index (χ3v) is 10.5. The predicted octanol–water partition coefficient (Wildman–Crippen LogP) is 13.1. The Hall–Kier alpha value is -6.84. The Morgan fingerprint density at radius 3 is 1.47 bits per heavy atom. The van der Waals surface area contributed by atoms with Crippen molar-refractivity contribution >= 4 is 65.6 Å². The van der Waals surface area contributed by atoms with Crippen molar-refractivity contribution in [2.45, 2.75) is 0 Å². The Kier molecular flexibility index (Phi) is 5.96. The number of fused-ring (bicyclic) bond motifs is 9. The molecule has 0 spiro atoms. The lowest BCUT2D eigenvalue weighted by molar-refractivity contribution is 0.669. The van der Waals surface area contributed by atoms with E-state index in [1.807, 2.05) is 12.1 Å². The zero-order chi connectivity index (χ0) is 33.5. The van der Waals surface area contributed by atoms with Crippen LogP contribution in [0.15, 0.2) is 186 Å². The molecule has 3 heterocycles. The van der Waals surface area contributed by atoms with Crippen LogP contribution in [0.4, 0.5) is 0 Å². The summed E-state index contributed by atoms with van der Waals surface area (Å²) in [6.45, 7) is 0. The number of hydrogen-bond donors (Lipinski definition) is 0. The van der Waals surface area contributed by atoms with E-state index in [1.165, 1.54) is 65.9 Å². The van der Waals surface area contributed by atoms with Gasteiger partial charge in [0.15, 0.2) is 0 Å². The van der Waals surface area contributed by atoms with Gasteiger partial charge < -0.3 is 13.6 Å². The van der Waals surface area contributed by atoms with Crippen molar-refractivity contribution in [1.82, 2.24) is 9.13 Å². The molecule has 0 bridgehead atoms. The molecule has 11 rings (SSSR count). The van der Waals surface area contributed by atoms with Gasteiger partial charge in [-0.1, -0.05) is 109 Å². The molecule has 3 aromatic heterocycles. The number of para-hydroxylation sites is 3. The van der Waals surface area contributed by atoms with Crippen LogP contribution in [-0.2, 0) is 0 Å². The maximum absolute atomic E-state index is 6.16. The lowest BCUT2D eigenvalue weighted by Crippen LogP contribution is -1.94. The number of benzene rings is 8. The molecule has 0 atom stereocenters. The highest BCUT2D eigenvalue weighted by Gasteiger charge is 2.17. The highest BCUT2D eigenvalue weighted by atomic mass is 16.3. The van der Waals surface area contributed by atoms with E-state index in [0.717, 1.165) is 33.3 Å². The Morgan fingerprint density at radius 1 is 0.275 bits per heavy atom. The van der Waals surface area contributed by atoms with Gasteiger partial charge >= 0.3 is 0 Å². The summed E-state index contributed by atoms with van der Waals surface area (Å²) < 4.78 is 10.9. The van der Waals surface area contributed by atoms with Gasteiger partial charge in [0.25, 0.3) is 0 Å². The SMILES string of the molecule is c1ccc(-c2cccc(-n3c4ccccc4c4cc(-c5ccc6c(c5)c5ccccc5n6-c5ccc6oc7ccccc7c6c5)ccc43)c2)cc1. The second-order valence-corrected chi connectivity index (χ2v) is 13.4. The molecule has 0 N–H and O–H groups in total. The second-order valence-electron chi connectivity index (χ2n) is 13.4. The van der Waals surface area contributed by atoms with E-state index in [9.17, 15) is 0 Å². The fourth-order valence-corrected chi connectivity index (χ4v) is 8.17. The highest BCUT2D eigenvalue weighted by Crippen LogP contribution is 2.39. The first kappa shape index (κ1) is 28.0. The Balaban J connectivity index is 1.07. The number of hydrogen-bond acceptors (Lipinski definition) is 1. The van der Waals surface area contributed by atoms with Crippen LogP contribution in [-0.4, -0.2) is 9.13 Å². The molecule has 0 aliphatic heterocycles. The maximum atomic E-state index is 6.16. The number of nitrogens with zero attached hydrogens (tertiary/aromatic N) is 2. The topological polar surface area (TPSA) is 23.0 Å². The van der Waals surface area contributed by atoms with Crippen LogP contribution in [0.25, 0.3) is 99.2 Å². The summed E-state index contributed by atoms with van der Waals surface area (Å²) in [6.07, 6.45) is 0. The predicted molar refractivity (Wildman–Crippen MR) is 213 cm³/mol. The van der Waals surface area contributed by atoms with E-state index >= 15 is 0 Å². The fourth-order valence-electron chi connectivity index (χ4n) is 8.17. The van der Waals surface area contributed by atoms with Crippen molar-refractivity contribution in [1.29, 1.82) is 0 Å². The molecule has 0 aliphatic rings. The molecule has 0 saturated carbocycles. The summed E-state index contributed by atoms with van der Waals surface area (Å²) in [6, 6.07) is 65.6. The Bertz CT molecular complexity index is 3140. The lowest BCUT2D eigenvalue weighted by atomic mass is 10.0. The molecule has 238 valence electrons. The van der Waals surface area contributed by atoms with Crippen molar-refractivity contribution < 1.29 is 4.42 Å². The maximum Gasteiger partial charge on any atom is 0.135 e. The zero-order valence-electron chi connectivity index (χ0n) is 27.6. The first-order chi connectivity index (χ1) is 25.3. The van der Waals surface area contributed by atoms with Crippen LogP contribution in [0, 0.1) is 0 Å². The van der Waals surface area contributed by atoms with Gasteiger partial charge in [0, 0.05) is 43.7 Å². The molecule has 51 heavy (non-hydrogen) atoms. The third-order valence-electron chi connectivity index (χ3n) is 10.5. The average molecular weight is 651 g/mol. The van der Waals surface area contributed by atoms with Gasteiger partial charge in [0.1, 0.15) is 11.2 Å². The number of furan rings is 1. The van der Waals surface area contributed by atoms with Crippen molar-refractivity contribution in [3.8, 4) is 33.6 Å². The molecule has 3 nitrogen and oxygen atoms in total. The van der Waals surface area contributed by atoms with Crippen LogP contribution >= 0.6 is 0 Å². The molecular weight excluding hydrogens is 621 g/mol. The minimum Gasteiger partial charge on any atom is -0.456 e. The number of aromatic nitrogens is 2. The van der Waals surface area contributed by atoms with E-state index in [-0.39, 0.29) is 0 Å². The van der Waals surface area contributed by atoms with E-state index < -0.39 is 0 Å². The van der Waals surface area contributed by atoms with E-state index in [2.05, 4.69) is 179 Å². The molecule has 0 unspecified atom stereocenters. The smallest absolute Gasteiger partial charge is 0.135 e. The van der Waals surface area contributed by atoms with Crippen LogP contribution in [0.1, 0.15) is 0 Å². The number of rotatable bonds is 4. The molecule has 3 heteroatoms. The van der Waals surface area contributed by atoms with Gasteiger partial charge in [0.2, 0.25) is 0 Å². The molecule has 0 aliphatic carbocycles. The average Bonchev–Trinajstić information content (AvgIpc) is 3.85. The molecular formula is C48H30N2O. The third kappa shape index (κ3) is 4.25. The van der Waals surface area contributed by atoms with Crippen LogP contribution in [0.5, 0.6) is 0 Å². The standard InChI is InChI=1S/C48H30N2O/c1-2-11-31(12-3-1)32-13-10-14-35(27-32)49-43-18-7-4-15-37(43)40-28-33(21-24-45(40)49)34-22-25-46-41(29-34)38-16-5-8-19-44(38)50(46)36-23-26-48-42(30-36)39-17-6-9-20-47(39)51-48/h1-30H. The summed E-state index contributed by atoms with van der Waals surface area (Å²) in [5.41, 5.74) is 13.7. The molecule has 11 aromatic rings. The summed E-state index contributed by atoms with van der Waals surface area (Å²) in [4.78, 5) is 0. The molecule has 0 fully saturated rings. The first-order valence-electron chi connectivity index (χ1n) is 17.4. The summed E-state index contributed by atoms with van der Waals surface area (Å²) in [7, 11) is 0. The van der Waals surface area contributed by atoms with Crippen molar-refractivity contribution in [2.24, 2.45) is 0 Å². The first-order valence-corrected chi connectivity index (χ1v) is 17.4. The van der Waals surface area contributed by atoms with Gasteiger partial charge in [-0.2, -0.15) is 0 Å². The second kappa shape index (κ2) is 10.8. The van der Waals surface area contributed by atoms with E-state index in [1.54, 1.807) is 0 Å².